The van der Waals surface area contributed by atoms with Crippen molar-refractivity contribution in [3.05, 3.63) is 35.9 Å². The lowest BCUT2D eigenvalue weighted by molar-refractivity contribution is 0.455. The van der Waals surface area contributed by atoms with Crippen LogP contribution >= 0.6 is 0 Å². The van der Waals surface area contributed by atoms with Crippen LogP contribution in [0.15, 0.2) is 30.3 Å². The average molecular weight is 184 g/mol. The summed E-state index contributed by atoms with van der Waals surface area (Å²) in [7, 11) is 0. The molecular weight excluding hydrogens is 170 g/mol. The molecular formula is C13H14N. The van der Waals surface area contributed by atoms with E-state index >= 15 is 0 Å². The lowest BCUT2D eigenvalue weighted by atomic mass is 10.1. The first kappa shape index (κ1) is 9.30. The Morgan fingerprint density at radius 3 is 2.71 bits per heavy atom. The topological polar surface area (TPSA) is 14.1 Å². The number of rotatable bonds is 0. The third kappa shape index (κ3) is 2.61. The van der Waals surface area contributed by atoms with Crippen molar-refractivity contribution < 1.29 is 0 Å². The monoisotopic (exact) mass is 184 g/mol. The molecule has 1 atom stereocenters. The fourth-order valence-electron chi connectivity index (χ4n) is 1.59. The fraction of sp³-hybridized carbons (Fsp3) is 0.385. The van der Waals surface area contributed by atoms with Gasteiger partial charge in [-0.2, -0.15) is 0 Å². The Bertz CT molecular complexity index is 325. The Balaban J connectivity index is 1.99. The first-order valence-corrected chi connectivity index (χ1v) is 5.18. The Labute approximate surface area is 85.5 Å². The zero-order valence-electron chi connectivity index (χ0n) is 8.24. The first-order valence-electron chi connectivity index (χ1n) is 5.18. The van der Waals surface area contributed by atoms with Gasteiger partial charge in [0.1, 0.15) is 0 Å². The molecule has 1 aliphatic heterocycles. The van der Waals surface area contributed by atoms with Gasteiger partial charge in [0.05, 0.1) is 6.04 Å². The maximum atomic E-state index is 4.47. The summed E-state index contributed by atoms with van der Waals surface area (Å²) in [5.41, 5.74) is 1.09. The first-order chi connectivity index (χ1) is 6.95. The van der Waals surface area contributed by atoms with E-state index in [9.17, 15) is 0 Å². The van der Waals surface area contributed by atoms with Crippen LogP contribution in [-0.4, -0.2) is 12.6 Å². The van der Waals surface area contributed by atoms with Crippen LogP contribution in [0.5, 0.6) is 0 Å². The molecule has 0 saturated carbocycles. The molecule has 0 N–H and O–H groups in total. The van der Waals surface area contributed by atoms with Crippen LogP contribution in [0.4, 0.5) is 0 Å². The van der Waals surface area contributed by atoms with Gasteiger partial charge in [-0.1, -0.05) is 30.0 Å². The maximum absolute atomic E-state index is 4.47. The molecule has 0 aliphatic carbocycles. The largest absolute Gasteiger partial charge is 0.226 e. The normalized spacial score (nSPS) is 21.0. The molecule has 1 radical (unpaired) electrons. The van der Waals surface area contributed by atoms with Crippen molar-refractivity contribution in [3.63, 3.8) is 0 Å². The van der Waals surface area contributed by atoms with E-state index in [2.05, 4.69) is 17.2 Å². The quantitative estimate of drug-likeness (QED) is 0.549. The van der Waals surface area contributed by atoms with Crippen LogP contribution in [0.2, 0.25) is 0 Å². The average Bonchev–Trinajstić information content (AvgIpc) is 2.29. The number of nitrogens with zero attached hydrogens (tertiary/aromatic N) is 1. The predicted molar refractivity (Wildman–Crippen MR) is 58.0 cm³/mol. The Morgan fingerprint density at radius 2 is 2.00 bits per heavy atom. The van der Waals surface area contributed by atoms with Crippen molar-refractivity contribution in [2.45, 2.75) is 25.3 Å². The van der Waals surface area contributed by atoms with Crippen LogP contribution in [0, 0.1) is 11.8 Å². The summed E-state index contributed by atoms with van der Waals surface area (Å²) in [6.45, 7) is 0.994. The van der Waals surface area contributed by atoms with Gasteiger partial charge in [-0.25, -0.2) is 5.32 Å². The van der Waals surface area contributed by atoms with Crippen LogP contribution in [0.25, 0.3) is 0 Å². The summed E-state index contributed by atoms with van der Waals surface area (Å²) >= 11 is 0. The van der Waals surface area contributed by atoms with E-state index in [4.69, 9.17) is 0 Å². The van der Waals surface area contributed by atoms with Crippen molar-refractivity contribution in [2.24, 2.45) is 0 Å². The zero-order chi connectivity index (χ0) is 9.64. The lowest BCUT2D eigenvalue weighted by Gasteiger charge is -2.15. The second-order valence-corrected chi connectivity index (χ2v) is 3.55. The Morgan fingerprint density at radius 1 is 1.14 bits per heavy atom. The Kier molecular flexibility index (Phi) is 3.21. The molecule has 1 heterocycles. The fourth-order valence-corrected chi connectivity index (χ4v) is 1.59. The van der Waals surface area contributed by atoms with Crippen molar-refractivity contribution >= 4 is 0 Å². The van der Waals surface area contributed by atoms with E-state index in [-0.39, 0.29) is 6.04 Å². The van der Waals surface area contributed by atoms with Gasteiger partial charge >= 0.3 is 0 Å². The highest BCUT2D eigenvalue weighted by molar-refractivity contribution is 5.34. The second-order valence-electron chi connectivity index (χ2n) is 3.55. The highest BCUT2D eigenvalue weighted by Gasteiger charge is 2.09. The van der Waals surface area contributed by atoms with Crippen LogP contribution in [0.1, 0.15) is 24.8 Å². The van der Waals surface area contributed by atoms with Crippen molar-refractivity contribution in [2.75, 3.05) is 6.54 Å². The minimum atomic E-state index is 0.281. The van der Waals surface area contributed by atoms with Gasteiger partial charge in [-0.05, 0) is 31.4 Å². The highest BCUT2D eigenvalue weighted by Crippen LogP contribution is 2.07. The van der Waals surface area contributed by atoms with E-state index in [1.165, 1.54) is 12.8 Å². The number of hydrogen-bond acceptors (Lipinski definition) is 0. The number of hydrogen-bond donors (Lipinski definition) is 0. The van der Waals surface area contributed by atoms with Gasteiger partial charge in [-0.3, -0.25) is 0 Å². The van der Waals surface area contributed by atoms with Gasteiger partial charge in [-0.15, -0.1) is 0 Å². The maximum Gasteiger partial charge on any atom is 0.0856 e. The predicted octanol–water partition coefficient (Wildman–Crippen LogP) is 2.20. The molecule has 1 aromatic carbocycles. The van der Waals surface area contributed by atoms with E-state index in [1.54, 1.807) is 0 Å². The molecule has 0 bridgehead atoms. The smallest absolute Gasteiger partial charge is 0.0856 e. The number of piperidine rings is 1. The van der Waals surface area contributed by atoms with Gasteiger partial charge in [0.25, 0.3) is 0 Å². The van der Waals surface area contributed by atoms with Gasteiger partial charge in [0.2, 0.25) is 0 Å². The standard InChI is InChI=1S/C13H14N/c1-2-6-12(7-3-1)9-10-13-8-4-5-11-14-13/h1-3,6-7,13H,4-5,8,11H2. The molecule has 0 spiro atoms. The van der Waals surface area contributed by atoms with Crippen LogP contribution < -0.4 is 5.32 Å². The summed E-state index contributed by atoms with van der Waals surface area (Å²) in [6.07, 6.45) is 3.65. The molecule has 1 unspecified atom stereocenters. The summed E-state index contributed by atoms with van der Waals surface area (Å²) in [4.78, 5) is 0. The molecule has 2 rings (SSSR count). The molecule has 0 aromatic heterocycles. The third-order valence-corrected chi connectivity index (χ3v) is 2.39. The lowest BCUT2D eigenvalue weighted by Crippen LogP contribution is -2.25. The zero-order valence-corrected chi connectivity index (χ0v) is 8.24. The SMILES string of the molecule is C(#CC1CCCC[N]1)c1ccccc1. The van der Waals surface area contributed by atoms with Gasteiger partial charge in [0, 0.05) is 12.1 Å². The number of benzene rings is 1. The van der Waals surface area contributed by atoms with E-state index in [0.717, 1.165) is 18.5 Å². The van der Waals surface area contributed by atoms with Crippen molar-refractivity contribution in [1.82, 2.24) is 5.32 Å². The van der Waals surface area contributed by atoms with Crippen LogP contribution in [0.3, 0.4) is 0 Å². The summed E-state index contributed by atoms with van der Waals surface area (Å²) in [5, 5.41) is 4.47. The molecule has 71 valence electrons. The molecule has 1 aromatic rings. The van der Waals surface area contributed by atoms with E-state index in [1.807, 2.05) is 30.3 Å². The molecule has 1 aliphatic rings. The minimum absolute atomic E-state index is 0.281. The molecule has 1 heteroatoms. The van der Waals surface area contributed by atoms with E-state index in [0.29, 0.717) is 0 Å². The minimum Gasteiger partial charge on any atom is -0.226 e. The molecule has 0 amide bonds. The molecule has 1 fully saturated rings. The van der Waals surface area contributed by atoms with Crippen LogP contribution in [-0.2, 0) is 0 Å². The van der Waals surface area contributed by atoms with E-state index < -0.39 is 0 Å². The van der Waals surface area contributed by atoms with Gasteiger partial charge < -0.3 is 0 Å². The second kappa shape index (κ2) is 4.83. The Hall–Kier alpha value is -1.26. The highest BCUT2D eigenvalue weighted by atomic mass is 14.9. The summed E-state index contributed by atoms with van der Waals surface area (Å²) in [5.74, 6) is 6.39. The third-order valence-electron chi connectivity index (χ3n) is 2.39. The summed E-state index contributed by atoms with van der Waals surface area (Å²) in [6, 6.07) is 10.4. The van der Waals surface area contributed by atoms with Crippen molar-refractivity contribution in [1.29, 1.82) is 0 Å². The molecule has 1 nitrogen and oxygen atoms in total. The van der Waals surface area contributed by atoms with Gasteiger partial charge in [0.15, 0.2) is 0 Å². The van der Waals surface area contributed by atoms with Crippen molar-refractivity contribution in [3.8, 4) is 11.8 Å². The molecule has 14 heavy (non-hydrogen) atoms. The molecule has 1 saturated heterocycles. The summed E-state index contributed by atoms with van der Waals surface area (Å²) < 4.78 is 0.